The van der Waals surface area contributed by atoms with Crippen molar-refractivity contribution >= 4 is 0 Å². The molecule has 0 N–H and O–H groups in total. The highest BCUT2D eigenvalue weighted by Crippen LogP contribution is 2.44. The Hall–Kier alpha value is -0.960. The molecule has 0 unspecified atom stereocenters. The summed E-state index contributed by atoms with van der Waals surface area (Å²) in [6.45, 7) is 2.28. The van der Waals surface area contributed by atoms with Crippen LogP contribution in [0.25, 0.3) is 0 Å². The van der Waals surface area contributed by atoms with Gasteiger partial charge in [-0.15, -0.1) is 0 Å². The van der Waals surface area contributed by atoms with Crippen LogP contribution in [-0.4, -0.2) is 7.11 Å². The topological polar surface area (TPSA) is 9.23 Å². The Bertz CT molecular complexity index is 561. The van der Waals surface area contributed by atoms with Crippen molar-refractivity contribution in [3.8, 4) is 0 Å². The summed E-state index contributed by atoms with van der Waals surface area (Å²) in [5, 5.41) is 0. The van der Waals surface area contributed by atoms with E-state index in [-0.39, 0.29) is 12.2 Å². The summed E-state index contributed by atoms with van der Waals surface area (Å²) in [6.07, 6.45) is 14.4. The molecule has 2 fully saturated rings. The highest BCUT2D eigenvalue weighted by Gasteiger charge is 2.31. The van der Waals surface area contributed by atoms with E-state index in [9.17, 15) is 8.78 Å². The smallest absolute Gasteiger partial charge is 0.131 e. The van der Waals surface area contributed by atoms with Gasteiger partial charge in [0.15, 0.2) is 0 Å². The van der Waals surface area contributed by atoms with Crippen LogP contribution in [0.1, 0.15) is 94.6 Å². The lowest BCUT2D eigenvalue weighted by Crippen LogP contribution is -2.25. The Morgan fingerprint density at radius 2 is 1.44 bits per heavy atom. The number of benzene rings is 1. The number of rotatable bonds is 7. The Balaban J connectivity index is 1.51. The van der Waals surface area contributed by atoms with Gasteiger partial charge in [0.25, 0.3) is 0 Å². The van der Waals surface area contributed by atoms with Crippen LogP contribution in [0.2, 0.25) is 0 Å². The monoisotopic (exact) mass is 378 g/mol. The molecule has 0 radical (unpaired) electrons. The van der Waals surface area contributed by atoms with E-state index in [4.69, 9.17) is 4.74 Å². The Kier molecular flexibility index (Phi) is 7.69. The predicted octanol–water partition coefficient (Wildman–Crippen LogP) is 7.38. The van der Waals surface area contributed by atoms with E-state index in [0.29, 0.717) is 5.92 Å². The lowest BCUT2D eigenvalue weighted by atomic mass is 9.68. The number of unbranched alkanes of at least 4 members (excludes halogenated alkanes) is 1. The quantitative estimate of drug-likeness (QED) is 0.481. The second-order valence-electron chi connectivity index (χ2n) is 8.93. The molecule has 0 heterocycles. The maximum Gasteiger partial charge on any atom is 0.131 e. The number of ether oxygens (including phenoxy) is 1. The fourth-order valence-electron chi connectivity index (χ4n) is 5.51. The van der Waals surface area contributed by atoms with Crippen molar-refractivity contribution in [2.24, 2.45) is 17.8 Å². The van der Waals surface area contributed by atoms with Crippen LogP contribution in [0.4, 0.5) is 8.78 Å². The van der Waals surface area contributed by atoms with Crippen molar-refractivity contribution in [1.82, 2.24) is 0 Å². The Labute approximate surface area is 163 Å². The fourth-order valence-corrected chi connectivity index (χ4v) is 5.51. The standard InChI is InChI=1S/C24H36F2O/c1-3-4-5-17-6-8-18(9-7-17)19-10-12-20(13-11-19)21-14-23(25)22(16-27-2)24(26)15-21/h14-15,17-20H,3-13,16H2,1-2H3/t17-,18-,19?,20?. The molecule has 3 rings (SSSR count). The largest absolute Gasteiger partial charge is 0.380 e. The van der Waals surface area contributed by atoms with Crippen LogP contribution in [-0.2, 0) is 11.3 Å². The molecule has 0 amide bonds. The van der Waals surface area contributed by atoms with Crippen LogP contribution < -0.4 is 0 Å². The van der Waals surface area contributed by atoms with Crippen molar-refractivity contribution in [2.75, 3.05) is 7.11 Å². The first kappa shape index (κ1) is 20.8. The first-order valence-electron chi connectivity index (χ1n) is 11.1. The first-order valence-corrected chi connectivity index (χ1v) is 11.1. The summed E-state index contributed by atoms with van der Waals surface area (Å²) in [4.78, 5) is 0. The van der Waals surface area contributed by atoms with E-state index in [1.54, 1.807) is 12.1 Å². The van der Waals surface area contributed by atoms with Gasteiger partial charge in [-0.1, -0.05) is 39.0 Å². The molecule has 152 valence electrons. The van der Waals surface area contributed by atoms with E-state index in [0.717, 1.165) is 36.2 Å². The molecule has 0 bridgehead atoms. The van der Waals surface area contributed by atoms with Crippen LogP contribution in [0.5, 0.6) is 0 Å². The van der Waals surface area contributed by atoms with E-state index < -0.39 is 11.6 Å². The van der Waals surface area contributed by atoms with Gasteiger partial charge in [-0.3, -0.25) is 0 Å². The predicted molar refractivity (Wildman–Crippen MR) is 107 cm³/mol. The average Bonchev–Trinajstić information content (AvgIpc) is 2.69. The molecular formula is C24H36F2O. The van der Waals surface area contributed by atoms with Crippen molar-refractivity contribution in [3.05, 3.63) is 34.9 Å². The van der Waals surface area contributed by atoms with Gasteiger partial charge in [0, 0.05) is 12.7 Å². The number of methoxy groups -OCH3 is 1. The summed E-state index contributed by atoms with van der Waals surface area (Å²) in [7, 11) is 1.46. The molecule has 1 aromatic rings. The minimum atomic E-state index is -0.459. The summed E-state index contributed by atoms with van der Waals surface area (Å²) in [6, 6.07) is 3.09. The maximum absolute atomic E-state index is 14.2. The SMILES string of the molecule is CCCC[C@H]1CC[C@H](C2CCC(c3cc(F)c(COC)c(F)c3)CC2)CC1. The summed E-state index contributed by atoms with van der Waals surface area (Å²) < 4.78 is 33.4. The molecule has 0 atom stereocenters. The van der Waals surface area contributed by atoms with Crippen LogP contribution in [0, 0.1) is 29.4 Å². The fraction of sp³-hybridized carbons (Fsp3) is 0.750. The zero-order chi connectivity index (χ0) is 19.2. The number of hydrogen-bond acceptors (Lipinski definition) is 1. The van der Waals surface area contributed by atoms with Gasteiger partial charge in [-0.25, -0.2) is 8.78 Å². The molecule has 0 aromatic heterocycles. The lowest BCUT2D eigenvalue weighted by Gasteiger charge is -2.38. The molecule has 27 heavy (non-hydrogen) atoms. The van der Waals surface area contributed by atoms with E-state index in [1.807, 2.05) is 0 Å². The van der Waals surface area contributed by atoms with Crippen LogP contribution in [0.15, 0.2) is 12.1 Å². The molecule has 2 saturated carbocycles. The summed E-state index contributed by atoms with van der Waals surface area (Å²) in [5.41, 5.74) is 0.890. The van der Waals surface area contributed by atoms with Gasteiger partial charge in [0.1, 0.15) is 11.6 Å². The second kappa shape index (κ2) is 10.0. The molecule has 1 aromatic carbocycles. The minimum absolute atomic E-state index is 0.00832. The van der Waals surface area contributed by atoms with Gasteiger partial charge in [-0.2, -0.15) is 0 Å². The van der Waals surface area contributed by atoms with Gasteiger partial charge in [-0.05, 0) is 79.9 Å². The third-order valence-electron chi connectivity index (χ3n) is 7.22. The third kappa shape index (κ3) is 5.31. The zero-order valence-corrected chi connectivity index (χ0v) is 17.1. The molecule has 2 aliphatic carbocycles. The molecule has 0 aliphatic heterocycles. The normalized spacial score (nSPS) is 29.0. The van der Waals surface area contributed by atoms with Gasteiger partial charge in [0.2, 0.25) is 0 Å². The zero-order valence-electron chi connectivity index (χ0n) is 17.1. The minimum Gasteiger partial charge on any atom is -0.380 e. The summed E-state index contributed by atoms with van der Waals surface area (Å²) >= 11 is 0. The van der Waals surface area contributed by atoms with E-state index >= 15 is 0 Å². The van der Waals surface area contributed by atoms with Gasteiger partial charge < -0.3 is 4.74 Å². The number of halogens is 2. The Morgan fingerprint density at radius 3 is 1.96 bits per heavy atom. The highest BCUT2D eigenvalue weighted by molar-refractivity contribution is 5.28. The molecule has 0 spiro atoms. The van der Waals surface area contributed by atoms with Crippen molar-refractivity contribution in [1.29, 1.82) is 0 Å². The van der Waals surface area contributed by atoms with Crippen molar-refractivity contribution in [2.45, 2.75) is 90.1 Å². The Morgan fingerprint density at radius 1 is 0.889 bits per heavy atom. The molecule has 2 aliphatic rings. The molecular weight excluding hydrogens is 342 g/mol. The molecule has 1 nitrogen and oxygen atoms in total. The van der Waals surface area contributed by atoms with Crippen LogP contribution in [0.3, 0.4) is 0 Å². The van der Waals surface area contributed by atoms with Gasteiger partial charge >= 0.3 is 0 Å². The van der Waals surface area contributed by atoms with E-state index in [2.05, 4.69) is 6.92 Å². The lowest BCUT2D eigenvalue weighted by molar-refractivity contribution is 0.155. The average molecular weight is 379 g/mol. The number of hydrogen-bond donors (Lipinski definition) is 0. The maximum atomic E-state index is 14.2. The third-order valence-corrected chi connectivity index (χ3v) is 7.22. The van der Waals surface area contributed by atoms with Crippen molar-refractivity contribution < 1.29 is 13.5 Å². The second-order valence-corrected chi connectivity index (χ2v) is 8.93. The van der Waals surface area contributed by atoms with Crippen molar-refractivity contribution in [3.63, 3.8) is 0 Å². The molecule has 0 saturated heterocycles. The van der Waals surface area contributed by atoms with E-state index in [1.165, 1.54) is 64.9 Å². The highest BCUT2D eigenvalue weighted by atomic mass is 19.1. The van der Waals surface area contributed by atoms with Gasteiger partial charge in [0.05, 0.1) is 6.61 Å². The molecule has 3 heteroatoms. The van der Waals surface area contributed by atoms with Crippen LogP contribution >= 0.6 is 0 Å². The summed E-state index contributed by atoms with van der Waals surface area (Å²) in [5.74, 6) is 2.08. The first-order chi connectivity index (χ1) is 13.1.